The van der Waals surface area contributed by atoms with E-state index in [1.807, 2.05) is 0 Å². The van der Waals surface area contributed by atoms with Crippen LogP contribution in [0.3, 0.4) is 0 Å². The highest BCUT2D eigenvalue weighted by molar-refractivity contribution is 4.71. The molecule has 0 heterocycles. The average Bonchev–Trinajstić information content (AvgIpc) is 1.78. The zero-order valence-corrected chi connectivity index (χ0v) is 5.84. The van der Waals surface area contributed by atoms with Crippen LogP contribution < -0.4 is 5.73 Å². The largest absolute Gasteiger partial charge is 0.403 e. The molecule has 0 amide bonds. The third-order valence-electron chi connectivity index (χ3n) is 1.16. The highest BCUT2D eigenvalue weighted by Crippen LogP contribution is 2.27. The zero-order chi connectivity index (χ0) is 9.99. The number of hydrogen-bond donors (Lipinski definition) is 1. The lowest BCUT2D eigenvalue weighted by Gasteiger charge is -2.15. The molecule has 12 heavy (non-hydrogen) atoms. The van der Waals surface area contributed by atoms with Gasteiger partial charge in [-0.05, 0) is 6.42 Å². The fraction of sp³-hybridized carbons (Fsp3) is 1.00. The highest BCUT2D eigenvalue weighted by atomic mass is 19.4. The molecule has 7 heteroatoms. The summed E-state index contributed by atoms with van der Waals surface area (Å²) < 4.78 is 68.7. The lowest BCUT2D eigenvalue weighted by molar-refractivity contribution is -0.166. The van der Waals surface area contributed by atoms with Crippen LogP contribution in [-0.2, 0) is 0 Å². The molecule has 0 aromatic rings. The molecule has 0 bridgehead atoms. The summed E-state index contributed by atoms with van der Waals surface area (Å²) in [5.41, 5.74) is 4.43. The average molecular weight is 195 g/mol. The van der Waals surface area contributed by atoms with Crippen LogP contribution in [0.2, 0.25) is 0 Å². The lowest BCUT2D eigenvalue weighted by Crippen LogP contribution is -2.38. The molecule has 0 rings (SSSR count). The molecule has 0 unspecified atom stereocenters. The van der Waals surface area contributed by atoms with Crippen molar-refractivity contribution in [3.05, 3.63) is 0 Å². The Labute approximate surface area is 64.5 Å². The number of hydrogen-bond acceptors (Lipinski definition) is 1. The van der Waals surface area contributed by atoms with Crippen molar-refractivity contribution in [3.63, 3.8) is 0 Å². The molecule has 0 saturated carbocycles. The number of nitrogens with two attached hydrogens (primary N) is 1. The lowest BCUT2D eigenvalue weighted by atomic mass is 10.1. The first-order valence-electron chi connectivity index (χ1n) is 3.02. The van der Waals surface area contributed by atoms with E-state index in [-0.39, 0.29) is 0 Å². The second kappa shape index (κ2) is 3.51. The quantitative estimate of drug-likeness (QED) is 0.671. The molecule has 1 nitrogen and oxygen atoms in total. The predicted octanol–water partition coefficient (Wildman–Crippen LogP) is 2.22. The monoisotopic (exact) mass is 195 g/mol. The number of rotatable bonds is 2. The molecular formula is C5H7F6N. The summed E-state index contributed by atoms with van der Waals surface area (Å²) in [5, 5.41) is 0. The third-order valence-corrected chi connectivity index (χ3v) is 1.16. The van der Waals surface area contributed by atoms with Gasteiger partial charge >= 0.3 is 12.4 Å². The van der Waals surface area contributed by atoms with Crippen LogP contribution in [0.5, 0.6) is 0 Å². The van der Waals surface area contributed by atoms with Crippen molar-refractivity contribution in [2.24, 2.45) is 5.73 Å². The van der Waals surface area contributed by atoms with Crippen LogP contribution in [0.1, 0.15) is 12.8 Å². The summed E-state index contributed by atoms with van der Waals surface area (Å²) in [6.45, 7) is 0. The van der Waals surface area contributed by atoms with Crippen molar-refractivity contribution in [1.29, 1.82) is 0 Å². The van der Waals surface area contributed by atoms with Crippen LogP contribution in [-0.4, -0.2) is 18.4 Å². The number of alkyl halides is 6. The first kappa shape index (κ1) is 11.5. The minimum Gasteiger partial charge on any atom is -0.320 e. The standard InChI is InChI=1S/C5H7F6N/c6-4(7,8)2-1-3(12)5(9,10)11/h3H,1-2,12H2/t3-/m0/s1. The fourth-order valence-electron chi connectivity index (χ4n) is 0.483. The Kier molecular flexibility index (Phi) is 3.37. The van der Waals surface area contributed by atoms with Crippen LogP contribution in [0, 0.1) is 0 Å². The molecule has 0 saturated heterocycles. The van der Waals surface area contributed by atoms with Crippen molar-refractivity contribution in [2.75, 3.05) is 0 Å². The SMILES string of the molecule is N[C@@H](CCC(F)(F)F)C(F)(F)F. The van der Waals surface area contributed by atoms with Crippen LogP contribution in [0.15, 0.2) is 0 Å². The second-order valence-electron chi connectivity index (χ2n) is 2.30. The molecule has 0 aliphatic heterocycles. The van der Waals surface area contributed by atoms with Crippen LogP contribution in [0.4, 0.5) is 26.3 Å². The summed E-state index contributed by atoms with van der Waals surface area (Å²) in [6, 6.07) is -2.39. The second-order valence-corrected chi connectivity index (χ2v) is 2.30. The van der Waals surface area contributed by atoms with E-state index >= 15 is 0 Å². The van der Waals surface area contributed by atoms with E-state index < -0.39 is 31.2 Å². The molecule has 0 aliphatic rings. The summed E-state index contributed by atoms with van der Waals surface area (Å²) in [7, 11) is 0. The van der Waals surface area contributed by atoms with Crippen LogP contribution >= 0.6 is 0 Å². The molecule has 0 aromatic heterocycles. The van der Waals surface area contributed by atoms with Crippen molar-refractivity contribution >= 4 is 0 Å². The first-order valence-corrected chi connectivity index (χ1v) is 3.02. The van der Waals surface area contributed by atoms with E-state index in [1.54, 1.807) is 0 Å². The maximum Gasteiger partial charge on any atom is 0.403 e. The Balaban J connectivity index is 3.80. The third kappa shape index (κ3) is 5.22. The summed E-state index contributed by atoms with van der Waals surface area (Å²) >= 11 is 0. The van der Waals surface area contributed by atoms with Gasteiger partial charge in [0, 0.05) is 6.42 Å². The van der Waals surface area contributed by atoms with Crippen molar-refractivity contribution < 1.29 is 26.3 Å². The summed E-state index contributed by atoms with van der Waals surface area (Å²) in [4.78, 5) is 0. The Morgan fingerprint density at radius 2 is 1.42 bits per heavy atom. The van der Waals surface area contributed by atoms with Gasteiger partial charge in [0.05, 0.1) is 0 Å². The molecule has 0 aromatic carbocycles. The molecule has 74 valence electrons. The maximum absolute atomic E-state index is 11.5. The topological polar surface area (TPSA) is 26.0 Å². The Bertz CT molecular complexity index is 136. The van der Waals surface area contributed by atoms with Gasteiger partial charge in [-0.3, -0.25) is 0 Å². The van der Waals surface area contributed by atoms with Gasteiger partial charge in [0.1, 0.15) is 6.04 Å². The van der Waals surface area contributed by atoms with Gasteiger partial charge in [-0.25, -0.2) is 0 Å². The minimum atomic E-state index is -4.74. The van der Waals surface area contributed by atoms with Crippen molar-refractivity contribution in [2.45, 2.75) is 31.2 Å². The van der Waals surface area contributed by atoms with Gasteiger partial charge < -0.3 is 5.73 Å². The molecule has 0 radical (unpaired) electrons. The summed E-state index contributed by atoms with van der Waals surface area (Å²) in [6.07, 6.45) is -11.9. The first-order chi connectivity index (χ1) is 5.13. The van der Waals surface area contributed by atoms with Gasteiger partial charge in [-0.2, -0.15) is 26.3 Å². The van der Waals surface area contributed by atoms with E-state index in [0.717, 1.165) is 0 Å². The summed E-state index contributed by atoms with van der Waals surface area (Å²) in [5.74, 6) is 0. The van der Waals surface area contributed by atoms with Gasteiger partial charge in [-0.15, -0.1) is 0 Å². The predicted molar refractivity (Wildman–Crippen MR) is 29.3 cm³/mol. The van der Waals surface area contributed by atoms with E-state index in [4.69, 9.17) is 0 Å². The maximum atomic E-state index is 11.5. The van der Waals surface area contributed by atoms with E-state index in [1.165, 1.54) is 0 Å². The van der Waals surface area contributed by atoms with Crippen molar-refractivity contribution in [3.8, 4) is 0 Å². The van der Waals surface area contributed by atoms with Crippen molar-refractivity contribution in [1.82, 2.24) is 0 Å². The van der Waals surface area contributed by atoms with Gasteiger partial charge in [0.15, 0.2) is 0 Å². The van der Waals surface area contributed by atoms with Gasteiger partial charge in [0.25, 0.3) is 0 Å². The Morgan fingerprint density at radius 3 is 1.67 bits per heavy atom. The molecule has 0 aliphatic carbocycles. The van der Waals surface area contributed by atoms with Crippen LogP contribution in [0.25, 0.3) is 0 Å². The zero-order valence-electron chi connectivity index (χ0n) is 5.84. The normalized spacial score (nSPS) is 16.2. The molecule has 1 atom stereocenters. The smallest absolute Gasteiger partial charge is 0.320 e. The number of halogens is 6. The molecule has 0 fully saturated rings. The van der Waals surface area contributed by atoms with E-state index in [0.29, 0.717) is 0 Å². The Hall–Kier alpha value is -0.460. The molecule has 2 N–H and O–H groups in total. The molecular weight excluding hydrogens is 188 g/mol. The molecule has 0 spiro atoms. The minimum absolute atomic E-state index is 1.12. The van der Waals surface area contributed by atoms with E-state index in [2.05, 4.69) is 5.73 Å². The van der Waals surface area contributed by atoms with E-state index in [9.17, 15) is 26.3 Å². The van der Waals surface area contributed by atoms with Gasteiger partial charge in [-0.1, -0.05) is 0 Å². The fourth-order valence-corrected chi connectivity index (χ4v) is 0.483. The Morgan fingerprint density at radius 1 is 1.00 bits per heavy atom. The highest BCUT2D eigenvalue weighted by Gasteiger charge is 2.39. The van der Waals surface area contributed by atoms with Gasteiger partial charge in [0.2, 0.25) is 0 Å².